The predicted molar refractivity (Wildman–Crippen MR) is 82.1 cm³/mol. The van der Waals surface area contributed by atoms with Crippen molar-refractivity contribution in [2.24, 2.45) is 0 Å². The van der Waals surface area contributed by atoms with Gasteiger partial charge in [-0.25, -0.2) is 25.6 Å². The third-order valence-corrected chi connectivity index (χ3v) is 4.62. The monoisotopic (exact) mass is 362 g/mol. The molecule has 0 aliphatic carbocycles. The number of hydrogen-bond donors (Lipinski definition) is 2. The number of rotatable bonds is 5. The summed E-state index contributed by atoms with van der Waals surface area (Å²) in [6.07, 6.45) is 0.910. The van der Waals surface area contributed by atoms with Crippen LogP contribution in [0.5, 0.6) is 0 Å². The second kappa shape index (κ2) is 6.13. The Balaban J connectivity index is 2.40. The molecule has 0 amide bonds. The second-order valence-electron chi connectivity index (χ2n) is 4.60. The van der Waals surface area contributed by atoms with Gasteiger partial charge in [-0.1, -0.05) is 12.1 Å². The third-order valence-electron chi connectivity index (χ3n) is 2.67. The molecule has 2 N–H and O–H groups in total. The highest BCUT2D eigenvalue weighted by molar-refractivity contribution is 7.93. The largest absolute Gasteiger partial charge is 0.282 e. The minimum atomic E-state index is -4.22. The predicted octanol–water partition coefficient (Wildman–Crippen LogP) is 2.14. The maximum Gasteiger partial charge on any atom is 0.262 e. The summed E-state index contributed by atoms with van der Waals surface area (Å²) in [4.78, 5) is -0.495. The summed E-state index contributed by atoms with van der Waals surface area (Å²) in [5, 5.41) is 0. The van der Waals surface area contributed by atoms with Gasteiger partial charge in [0.25, 0.3) is 10.0 Å². The fraction of sp³-hybridized carbons (Fsp3) is 0.0769. The average Bonchev–Trinajstić information content (AvgIpc) is 2.42. The van der Waals surface area contributed by atoms with Crippen molar-refractivity contribution in [2.45, 2.75) is 4.90 Å². The molecule has 0 fully saturated rings. The van der Waals surface area contributed by atoms with Gasteiger partial charge in [-0.2, -0.15) is 0 Å². The van der Waals surface area contributed by atoms with E-state index in [0.717, 1.165) is 12.3 Å². The maximum absolute atomic E-state index is 13.2. The molecule has 0 saturated carbocycles. The Bertz CT molecular complexity index is 944. The lowest BCUT2D eigenvalue weighted by Crippen LogP contribution is -2.16. The van der Waals surface area contributed by atoms with E-state index in [1.54, 1.807) is 0 Å². The Morgan fingerprint density at radius 3 is 1.91 bits per heavy atom. The first kappa shape index (κ1) is 17.2. The Morgan fingerprint density at radius 2 is 1.39 bits per heavy atom. The van der Waals surface area contributed by atoms with Crippen molar-refractivity contribution >= 4 is 31.4 Å². The van der Waals surface area contributed by atoms with E-state index in [4.69, 9.17) is 0 Å². The molecule has 2 rings (SSSR count). The first-order valence-corrected chi connectivity index (χ1v) is 9.51. The van der Waals surface area contributed by atoms with Crippen LogP contribution in [-0.4, -0.2) is 23.1 Å². The zero-order chi connectivity index (χ0) is 17.3. The summed E-state index contributed by atoms with van der Waals surface area (Å²) >= 11 is 0. The molecular formula is C13H12F2N2O4S2. The lowest BCUT2D eigenvalue weighted by molar-refractivity contribution is 0.504. The normalized spacial score (nSPS) is 12.0. The van der Waals surface area contributed by atoms with Gasteiger partial charge in [0.15, 0.2) is 11.6 Å². The van der Waals surface area contributed by atoms with Crippen LogP contribution in [0.3, 0.4) is 0 Å². The molecule has 0 bridgehead atoms. The lowest BCUT2D eigenvalue weighted by Gasteiger charge is -2.13. The van der Waals surface area contributed by atoms with Crippen LogP contribution in [-0.2, 0) is 20.0 Å². The van der Waals surface area contributed by atoms with E-state index in [9.17, 15) is 25.6 Å². The first-order valence-electron chi connectivity index (χ1n) is 6.13. The van der Waals surface area contributed by atoms with Gasteiger partial charge in [0.05, 0.1) is 22.5 Å². The van der Waals surface area contributed by atoms with E-state index < -0.39 is 36.6 Å². The van der Waals surface area contributed by atoms with E-state index in [1.165, 1.54) is 24.3 Å². The minimum absolute atomic E-state index is 0.00107. The minimum Gasteiger partial charge on any atom is -0.282 e. The van der Waals surface area contributed by atoms with Crippen LogP contribution in [0.25, 0.3) is 0 Å². The molecule has 2 aromatic rings. The molecule has 0 radical (unpaired) electrons. The van der Waals surface area contributed by atoms with Crippen molar-refractivity contribution in [2.75, 3.05) is 15.7 Å². The zero-order valence-corrected chi connectivity index (χ0v) is 13.4. The summed E-state index contributed by atoms with van der Waals surface area (Å²) in [5.41, 5.74) is -0.0520. The quantitative estimate of drug-likeness (QED) is 0.852. The third kappa shape index (κ3) is 4.39. The summed E-state index contributed by atoms with van der Waals surface area (Å²) in [6, 6.07) is 7.77. The van der Waals surface area contributed by atoms with E-state index >= 15 is 0 Å². The van der Waals surface area contributed by atoms with E-state index in [-0.39, 0.29) is 11.4 Å². The fourth-order valence-corrected chi connectivity index (χ4v) is 3.38. The molecular weight excluding hydrogens is 350 g/mol. The molecule has 0 heterocycles. The Hall–Kier alpha value is -2.20. The molecule has 23 heavy (non-hydrogen) atoms. The van der Waals surface area contributed by atoms with E-state index in [2.05, 4.69) is 9.44 Å². The number of benzene rings is 2. The maximum atomic E-state index is 13.2. The van der Waals surface area contributed by atoms with Crippen molar-refractivity contribution < 1.29 is 25.6 Å². The van der Waals surface area contributed by atoms with Crippen molar-refractivity contribution in [3.8, 4) is 0 Å². The standard InChI is InChI=1S/C13H12F2N2O4S2/c1-22(18,19)16-12-4-2-3-5-13(12)17-23(20,21)9-6-7-10(14)11(15)8-9/h2-8,16-17H,1H3. The van der Waals surface area contributed by atoms with Gasteiger partial charge in [-0.05, 0) is 30.3 Å². The SMILES string of the molecule is CS(=O)(=O)Nc1ccccc1NS(=O)(=O)c1ccc(F)c(F)c1. The number of anilines is 2. The van der Waals surface area contributed by atoms with Crippen LogP contribution in [0, 0.1) is 11.6 Å². The van der Waals surface area contributed by atoms with E-state index in [1.807, 2.05) is 0 Å². The van der Waals surface area contributed by atoms with Gasteiger partial charge in [0, 0.05) is 0 Å². The van der Waals surface area contributed by atoms with Crippen molar-refractivity contribution in [1.82, 2.24) is 0 Å². The number of nitrogens with one attached hydrogen (secondary N) is 2. The smallest absolute Gasteiger partial charge is 0.262 e. The summed E-state index contributed by atoms with van der Waals surface area (Å²) < 4.78 is 77.4. The van der Waals surface area contributed by atoms with Crippen molar-refractivity contribution in [3.63, 3.8) is 0 Å². The molecule has 2 aromatic carbocycles. The molecule has 0 unspecified atom stereocenters. The highest BCUT2D eigenvalue weighted by Gasteiger charge is 2.18. The molecule has 6 nitrogen and oxygen atoms in total. The molecule has 0 aliphatic rings. The van der Waals surface area contributed by atoms with Crippen molar-refractivity contribution in [1.29, 1.82) is 0 Å². The molecule has 0 atom stereocenters. The number of sulfonamides is 2. The van der Waals surface area contributed by atoms with Crippen LogP contribution < -0.4 is 9.44 Å². The van der Waals surface area contributed by atoms with Gasteiger partial charge in [0.2, 0.25) is 10.0 Å². The molecule has 0 aliphatic heterocycles. The van der Waals surface area contributed by atoms with Crippen LogP contribution in [0.15, 0.2) is 47.4 Å². The highest BCUT2D eigenvalue weighted by Crippen LogP contribution is 2.25. The van der Waals surface area contributed by atoms with Crippen molar-refractivity contribution in [3.05, 3.63) is 54.1 Å². The summed E-state index contributed by atoms with van der Waals surface area (Å²) in [6.45, 7) is 0. The molecule has 0 saturated heterocycles. The Morgan fingerprint density at radius 1 is 0.826 bits per heavy atom. The topological polar surface area (TPSA) is 92.3 Å². The summed E-state index contributed by atoms with van der Waals surface area (Å²) in [5.74, 6) is -2.49. The highest BCUT2D eigenvalue weighted by atomic mass is 32.2. The van der Waals surface area contributed by atoms with Gasteiger partial charge in [-0.3, -0.25) is 9.44 Å². The second-order valence-corrected chi connectivity index (χ2v) is 8.03. The van der Waals surface area contributed by atoms with Crippen LogP contribution in [0.1, 0.15) is 0 Å². The van der Waals surface area contributed by atoms with Crippen LogP contribution in [0.2, 0.25) is 0 Å². The molecule has 124 valence electrons. The number of para-hydroxylation sites is 2. The van der Waals surface area contributed by atoms with Crippen LogP contribution >= 0.6 is 0 Å². The van der Waals surface area contributed by atoms with Gasteiger partial charge >= 0.3 is 0 Å². The van der Waals surface area contributed by atoms with Gasteiger partial charge < -0.3 is 0 Å². The fourth-order valence-electron chi connectivity index (χ4n) is 1.71. The van der Waals surface area contributed by atoms with Crippen LogP contribution in [0.4, 0.5) is 20.2 Å². The lowest BCUT2D eigenvalue weighted by atomic mass is 10.3. The van der Waals surface area contributed by atoms with E-state index in [0.29, 0.717) is 12.1 Å². The zero-order valence-electron chi connectivity index (χ0n) is 11.7. The number of hydrogen-bond acceptors (Lipinski definition) is 4. The Labute approximate surface area is 132 Å². The molecule has 0 spiro atoms. The van der Waals surface area contributed by atoms with Gasteiger partial charge in [0.1, 0.15) is 0 Å². The van der Waals surface area contributed by atoms with Gasteiger partial charge in [-0.15, -0.1) is 0 Å². The first-order chi connectivity index (χ1) is 10.6. The molecule has 0 aromatic heterocycles. The average molecular weight is 362 g/mol. The Kier molecular flexibility index (Phi) is 4.57. The number of halogens is 2. The summed E-state index contributed by atoms with van der Waals surface area (Å²) in [7, 11) is -7.85. The molecule has 10 heteroatoms.